The molecular formula is C14H13F3O3S. The van der Waals surface area contributed by atoms with Gasteiger partial charge in [0.15, 0.2) is 5.12 Å². The highest BCUT2D eigenvalue weighted by Gasteiger charge is 2.33. The first-order valence-corrected chi connectivity index (χ1v) is 6.95. The lowest BCUT2D eigenvalue weighted by atomic mass is 10.0. The number of carboxylic acid groups (broad SMARTS) is 1. The van der Waals surface area contributed by atoms with E-state index in [4.69, 9.17) is 5.11 Å². The number of halogens is 3. The van der Waals surface area contributed by atoms with E-state index in [2.05, 4.69) is 0 Å². The molecule has 0 aliphatic carbocycles. The SMILES string of the molecule is CC(=O)SCCC=Cc1ccc(C(=O)O)cc1C(F)(F)F. The lowest BCUT2D eigenvalue weighted by molar-refractivity contribution is -0.137. The summed E-state index contributed by atoms with van der Waals surface area (Å²) in [6.07, 6.45) is -1.36. The number of aromatic carboxylic acids is 1. The Kier molecular flexibility index (Phi) is 6.02. The summed E-state index contributed by atoms with van der Waals surface area (Å²) >= 11 is 1.09. The third kappa shape index (κ3) is 5.63. The summed E-state index contributed by atoms with van der Waals surface area (Å²) < 4.78 is 38.7. The number of hydrogen-bond acceptors (Lipinski definition) is 3. The molecule has 114 valence electrons. The first-order chi connectivity index (χ1) is 9.71. The van der Waals surface area contributed by atoms with Gasteiger partial charge in [-0.2, -0.15) is 13.2 Å². The summed E-state index contributed by atoms with van der Waals surface area (Å²) in [7, 11) is 0. The van der Waals surface area contributed by atoms with Crippen molar-refractivity contribution in [1.29, 1.82) is 0 Å². The highest BCUT2D eigenvalue weighted by Crippen LogP contribution is 2.33. The summed E-state index contributed by atoms with van der Waals surface area (Å²) in [5.74, 6) is -0.922. The fourth-order valence-corrected chi connectivity index (χ4v) is 2.10. The summed E-state index contributed by atoms with van der Waals surface area (Å²) in [4.78, 5) is 21.4. The normalized spacial score (nSPS) is 11.8. The van der Waals surface area contributed by atoms with Crippen molar-refractivity contribution < 1.29 is 27.9 Å². The van der Waals surface area contributed by atoms with Crippen molar-refractivity contribution in [2.45, 2.75) is 19.5 Å². The quantitative estimate of drug-likeness (QED) is 0.831. The summed E-state index contributed by atoms with van der Waals surface area (Å²) in [6, 6.07) is 2.87. The molecule has 7 heteroatoms. The molecule has 0 fully saturated rings. The second-order valence-electron chi connectivity index (χ2n) is 4.14. The van der Waals surface area contributed by atoms with Crippen molar-refractivity contribution in [3.63, 3.8) is 0 Å². The van der Waals surface area contributed by atoms with Crippen molar-refractivity contribution in [3.05, 3.63) is 41.0 Å². The van der Waals surface area contributed by atoms with Crippen molar-refractivity contribution in [1.82, 2.24) is 0 Å². The zero-order chi connectivity index (χ0) is 16.0. The highest BCUT2D eigenvalue weighted by molar-refractivity contribution is 8.13. The Morgan fingerprint density at radius 3 is 2.52 bits per heavy atom. The van der Waals surface area contributed by atoms with Crippen LogP contribution in [0.5, 0.6) is 0 Å². The zero-order valence-corrected chi connectivity index (χ0v) is 11.9. The molecule has 1 aromatic rings. The van der Waals surface area contributed by atoms with Gasteiger partial charge in [0, 0.05) is 12.7 Å². The Bertz CT molecular complexity index is 565. The highest BCUT2D eigenvalue weighted by atomic mass is 32.2. The van der Waals surface area contributed by atoms with Crippen LogP contribution in [0, 0.1) is 0 Å². The Morgan fingerprint density at radius 2 is 2.00 bits per heavy atom. The van der Waals surface area contributed by atoms with Gasteiger partial charge in [0.1, 0.15) is 0 Å². The minimum absolute atomic E-state index is 0.0507. The third-order valence-corrected chi connectivity index (χ3v) is 3.34. The van der Waals surface area contributed by atoms with Crippen LogP contribution in [0.25, 0.3) is 6.08 Å². The number of carbonyl (C=O) groups excluding carboxylic acids is 1. The topological polar surface area (TPSA) is 54.4 Å². The number of benzene rings is 1. The van der Waals surface area contributed by atoms with E-state index in [0.717, 1.165) is 23.9 Å². The van der Waals surface area contributed by atoms with Crippen LogP contribution in [0.4, 0.5) is 13.2 Å². The Balaban J connectivity index is 2.93. The molecule has 0 aliphatic heterocycles. The molecule has 1 N–H and O–H groups in total. The van der Waals surface area contributed by atoms with Gasteiger partial charge in [-0.3, -0.25) is 4.79 Å². The van der Waals surface area contributed by atoms with Crippen molar-refractivity contribution >= 4 is 28.9 Å². The minimum atomic E-state index is -4.63. The van der Waals surface area contributed by atoms with E-state index < -0.39 is 23.3 Å². The van der Waals surface area contributed by atoms with Gasteiger partial charge in [-0.05, 0) is 24.1 Å². The van der Waals surface area contributed by atoms with Crippen LogP contribution in [0.15, 0.2) is 24.3 Å². The fourth-order valence-electron chi connectivity index (χ4n) is 1.56. The molecule has 0 unspecified atom stereocenters. The van der Waals surface area contributed by atoms with Crippen LogP contribution in [-0.4, -0.2) is 21.9 Å². The number of hydrogen-bond donors (Lipinski definition) is 1. The van der Waals surface area contributed by atoms with E-state index in [1.54, 1.807) is 0 Å². The van der Waals surface area contributed by atoms with Crippen molar-refractivity contribution in [2.75, 3.05) is 5.75 Å². The minimum Gasteiger partial charge on any atom is -0.478 e. The summed E-state index contributed by atoms with van der Waals surface area (Å²) in [5.41, 5.74) is -1.50. The molecule has 21 heavy (non-hydrogen) atoms. The smallest absolute Gasteiger partial charge is 0.417 e. The van der Waals surface area contributed by atoms with Crippen LogP contribution < -0.4 is 0 Å². The standard InChI is InChI=1S/C14H13F3O3S/c1-9(18)21-7-3-2-4-10-5-6-11(13(19)20)8-12(10)14(15,16)17/h2,4-6,8H,3,7H2,1H3,(H,19,20). The van der Waals surface area contributed by atoms with E-state index in [-0.39, 0.29) is 10.7 Å². The fraction of sp³-hybridized carbons (Fsp3) is 0.286. The predicted molar refractivity (Wildman–Crippen MR) is 75.2 cm³/mol. The van der Waals surface area contributed by atoms with Gasteiger partial charge in [0.25, 0.3) is 0 Å². The van der Waals surface area contributed by atoms with Crippen LogP contribution in [0.1, 0.15) is 34.8 Å². The molecule has 0 saturated carbocycles. The van der Waals surface area contributed by atoms with Gasteiger partial charge < -0.3 is 5.11 Å². The van der Waals surface area contributed by atoms with E-state index in [1.807, 2.05) is 0 Å². The molecule has 3 nitrogen and oxygen atoms in total. The van der Waals surface area contributed by atoms with Crippen LogP contribution in [-0.2, 0) is 11.0 Å². The maximum Gasteiger partial charge on any atom is 0.417 e. The molecule has 1 rings (SSSR count). The molecule has 0 spiro atoms. The van der Waals surface area contributed by atoms with Gasteiger partial charge in [-0.25, -0.2) is 4.79 Å². The summed E-state index contributed by atoms with van der Waals surface area (Å²) in [6.45, 7) is 1.42. The average molecular weight is 318 g/mol. The number of rotatable bonds is 5. The first kappa shape index (κ1) is 17.3. The monoisotopic (exact) mass is 318 g/mol. The van der Waals surface area contributed by atoms with Crippen molar-refractivity contribution in [3.8, 4) is 0 Å². The van der Waals surface area contributed by atoms with Gasteiger partial charge in [0.05, 0.1) is 11.1 Å². The van der Waals surface area contributed by atoms with Crippen molar-refractivity contribution in [2.24, 2.45) is 0 Å². The summed E-state index contributed by atoms with van der Waals surface area (Å²) in [5, 5.41) is 8.69. The van der Waals surface area contributed by atoms with Crippen LogP contribution in [0.3, 0.4) is 0 Å². The number of alkyl halides is 3. The second-order valence-corrected chi connectivity index (χ2v) is 5.41. The number of carboxylic acids is 1. The Hall–Kier alpha value is -1.76. The number of allylic oxidation sites excluding steroid dienone is 1. The van der Waals surface area contributed by atoms with Gasteiger partial charge in [-0.15, -0.1) is 0 Å². The van der Waals surface area contributed by atoms with Crippen LogP contribution in [0.2, 0.25) is 0 Å². The average Bonchev–Trinajstić information content (AvgIpc) is 2.36. The number of thioether (sulfide) groups is 1. The predicted octanol–water partition coefficient (Wildman–Crippen LogP) is 4.09. The zero-order valence-electron chi connectivity index (χ0n) is 11.1. The molecule has 0 aromatic heterocycles. The van der Waals surface area contributed by atoms with E-state index in [0.29, 0.717) is 18.2 Å². The first-order valence-electron chi connectivity index (χ1n) is 5.96. The third-order valence-electron chi connectivity index (χ3n) is 2.49. The van der Waals surface area contributed by atoms with E-state index >= 15 is 0 Å². The molecule has 0 radical (unpaired) electrons. The molecule has 1 aromatic carbocycles. The van der Waals surface area contributed by atoms with E-state index in [9.17, 15) is 22.8 Å². The van der Waals surface area contributed by atoms with Crippen LogP contribution >= 0.6 is 11.8 Å². The molecular weight excluding hydrogens is 305 g/mol. The molecule has 0 bridgehead atoms. The number of carbonyl (C=O) groups is 2. The Labute approximate surface area is 123 Å². The largest absolute Gasteiger partial charge is 0.478 e. The van der Waals surface area contributed by atoms with E-state index in [1.165, 1.54) is 19.1 Å². The molecule has 0 heterocycles. The van der Waals surface area contributed by atoms with Gasteiger partial charge in [-0.1, -0.05) is 30.0 Å². The second kappa shape index (κ2) is 7.31. The molecule has 0 amide bonds. The van der Waals surface area contributed by atoms with Gasteiger partial charge in [0.2, 0.25) is 0 Å². The molecule has 0 aliphatic rings. The molecule has 0 atom stereocenters. The Morgan fingerprint density at radius 1 is 1.33 bits per heavy atom. The molecule has 0 saturated heterocycles. The maximum absolute atomic E-state index is 12.9. The van der Waals surface area contributed by atoms with Gasteiger partial charge >= 0.3 is 12.1 Å². The lowest BCUT2D eigenvalue weighted by Gasteiger charge is -2.11. The lowest BCUT2D eigenvalue weighted by Crippen LogP contribution is -2.09. The maximum atomic E-state index is 12.9.